The van der Waals surface area contributed by atoms with Crippen molar-refractivity contribution in [1.82, 2.24) is 19.8 Å². The van der Waals surface area contributed by atoms with Crippen LogP contribution in [0.3, 0.4) is 0 Å². The minimum atomic E-state index is 0.243. The zero-order valence-corrected chi connectivity index (χ0v) is 7.75. The Labute approximate surface area is 85.0 Å². The van der Waals surface area contributed by atoms with Crippen LogP contribution in [0.2, 0.25) is 0 Å². The first-order valence-corrected chi connectivity index (χ1v) is 4.51. The molecule has 74 valence electrons. The maximum Gasteiger partial charge on any atom is 0.175 e. The second-order valence-corrected chi connectivity index (χ2v) is 3.25. The highest BCUT2D eigenvalue weighted by Gasteiger charge is 2.04. The smallest absolute Gasteiger partial charge is 0.175 e. The van der Waals surface area contributed by atoms with Crippen molar-refractivity contribution in [3.8, 4) is 17.0 Å². The van der Waals surface area contributed by atoms with Gasteiger partial charge in [-0.25, -0.2) is 4.98 Å². The number of aromatic hydroxyl groups is 1. The molecule has 15 heavy (non-hydrogen) atoms. The molecule has 0 unspecified atom stereocenters. The van der Waals surface area contributed by atoms with Crippen LogP contribution >= 0.6 is 0 Å². The number of aromatic amines is 1. The lowest BCUT2D eigenvalue weighted by atomic mass is 10.1. The van der Waals surface area contributed by atoms with Gasteiger partial charge in [-0.1, -0.05) is 12.1 Å². The van der Waals surface area contributed by atoms with Gasteiger partial charge in [0.05, 0.1) is 5.69 Å². The van der Waals surface area contributed by atoms with Crippen LogP contribution in [0.5, 0.6) is 5.75 Å². The van der Waals surface area contributed by atoms with Crippen LogP contribution in [0.25, 0.3) is 16.9 Å². The number of phenols is 1. The van der Waals surface area contributed by atoms with Crippen LogP contribution in [0.15, 0.2) is 36.7 Å². The maximum atomic E-state index is 9.35. The van der Waals surface area contributed by atoms with E-state index < -0.39 is 0 Å². The predicted molar refractivity (Wildman–Crippen MR) is 54.4 cm³/mol. The molecule has 0 spiro atoms. The molecule has 0 bridgehead atoms. The molecular formula is C10H8N4O. The van der Waals surface area contributed by atoms with Gasteiger partial charge in [-0.05, 0) is 12.1 Å². The highest BCUT2D eigenvalue weighted by Crippen LogP contribution is 2.22. The van der Waals surface area contributed by atoms with Crippen molar-refractivity contribution >= 4 is 5.65 Å². The average molecular weight is 200 g/mol. The van der Waals surface area contributed by atoms with Crippen LogP contribution in [-0.2, 0) is 0 Å². The summed E-state index contributed by atoms with van der Waals surface area (Å²) in [5.41, 5.74) is 2.54. The number of rotatable bonds is 1. The normalized spacial score (nSPS) is 10.9. The highest BCUT2D eigenvalue weighted by molar-refractivity contribution is 5.64. The zero-order chi connectivity index (χ0) is 10.3. The summed E-state index contributed by atoms with van der Waals surface area (Å²) in [5.74, 6) is 0.243. The second kappa shape index (κ2) is 2.84. The van der Waals surface area contributed by atoms with Crippen molar-refractivity contribution in [3.63, 3.8) is 0 Å². The maximum absolute atomic E-state index is 9.35. The lowest BCUT2D eigenvalue weighted by Gasteiger charge is -1.97. The number of aromatic nitrogens is 4. The van der Waals surface area contributed by atoms with Gasteiger partial charge in [-0.3, -0.25) is 5.10 Å². The molecule has 5 heteroatoms. The van der Waals surface area contributed by atoms with Crippen molar-refractivity contribution in [2.45, 2.75) is 0 Å². The van der Waals surface area contributed by atoms with Gasteiger partial charge in [0.2, 0.25) is 0 Å². The molecule has 2 heterocycles. The number of hydrogen-bond acceptors (Lipinski definition) is 3. The van der Waals surface area contributed by atoms with Crippen molar-refractivity contribution in [2.75, 3.05) is 0 Å². The Kier molecular flexibility index (Phi) is 1.53. The van der Waals surface area contributed by atoms with E-state index in [0.29, 0.717) is 0 Å². The summed E-state index contributed by atoms with van der Waals surface area (Å²) in [4.78, 5) is 4.05. The SMILES string of the molecule is Oc1cccc(-c2cc3ncnn3[nH]2)c1. The van der Waals surface area contributed by atoms with E-state index >= 15 is 0 Å². The summed E-state index contributed by atoms with van der Waals surface area (Å²) >= 11 is 0. The molecule has 0 amide bonds. The predicted octanol–water partition coefficient (Wildman–Crippen LogP) is 1.43. The standard InChI is InChI=1S/C10H8N4O/c15-8-3-1-2-7(4-8)9-5-10-11-6-12-14(10)13-9/h1-6,13,15H. The first-order valence-electron chi connectivity index (χ1n) is 4.51. The van der Waals surface area contributed by atoms with Crippen LogP contribution in [0, 0.1) is 0 Å². The largest absolute Gasteiger partial charge is 0.508 e. The van der Waals surface area contributed by atoms with Crippen LogP contribution < -0.4 is 0 Å². The monoisotopic (exact) mass is 200 g/mol. The quantitative estimate of drug-likeness (QED) is 0.624. The van der Waals surface area contributed by atoms with Gasteiger partial charge in [0.25, 0.3) is 0 Å². The van der Waals surface area contributed by atoms with Gasteiger partial charge in [0.1, 0.15) is 12.1 Å². The molecule has 1 aromatic carbocycles. The summed E-state index contributed by atoms with van der Waals surface area (Å²) in [6.07, 6.45) is 1.48. The van der Waals surface area contributed by atoms with E-state index in [9.17, 15) is 5.11 Å². The Hall–Kier alpha value is -2.30. The lowest BCUT2D eigenvalue weighted by molar-refractivity contribution is 0.475. The van der Waals surface area contributed by atoms with Crippen LogP contribution in [0.1, 0.15) is 0 Å². The van der Waals surface area contributed by atoms with Gasteiger partial charge in [0.15, 0.2) is 5.65 Å². The molecule has 0 saturated heterocycles. The van der Waals surface area contributed by atoms with E-state index in [4.69, 9.17) is 0 Å². The number of H-pyrrole nitrogens is 1. The average Bonchev–Trinajstić information content (AvgIpc) is 2.76. The Morgan fingerprint density at radius 1 is 1.27 bits per heavy atom. The molecule has 2 aromatic heterocycles. The zero-order valence-electron chi connectivity index (χ0n) is 7.75. The summed E-state index contributed by atoms with van der Waals surface area (Å²) in [5, 5.41) is 16.4. The van der Waals surface area contributed by atoms with Gasteiger partial charge >= 0.3 is 0 Å². The molecule has 0 aliphatic carbocycles. The minimum Gasteiger partial charge on any atom is -0.508 e. The Bertz CT molecular complexity index is 582. The molecule has 0 radical (unpaired) electrons. The fourth-order valence-electron chi connectivity index (χ4n) is 1.53. The second-order valence-electron chi connectivity index (χ2n) is 3.25. The summed E-state index contributed by atoms with van der Waals surface area (Å²) in [6.45, 7) is 0. The van der Waals surface area contributed by atoms with E-state index in [1.807, 2.05) is 12.1 Å². The fourth-order valence-corrected chi connectivity index (χ4v) is 1.53. The topological polar surface area (TPSA) is 66.2 Å². The van der Waals surface area contributed by atoms with Crippen molar-refractivity contribution in [3.05, 3.63) is 36.7 Å². The fraction of sp³-hybridized carbons (Fsp3) is 0. The lowest BCUT2D eigenvalue weighted by Crippen LogP contribution is -1.85. The number of benzene rings is 1. The number of nitrogens with zero attached hydrogens (tertiary/aromatic N) is 3. The number of nitrogens with one attached hydrogen (secondary N) is 1. The third-order valence-electron chi connectivity index (χ3n) is 2.23. The first kappa shape index (κ1) is 8.05. The molecule has 0 aliphatic rings. The van der Waals surface area contributed by atoms with Crippen LogP contribution in [-0.4, -0.2) is 24.9 Å². The van der Waals surface area contributed by atoms with Crippen LogP contribution in [0.4, 0.5) is 0 Å². The third kappa shape index (κ3) is 1.25. The van der Waals surface area contributed by atoms with Gasteiger partial charge < -0.3 is 5.11 Å². The van der Waals surface area contributed by atoms with E-state index in [1.165, 1.54) is 6.33 Å². The summed E-state index contributed by atoms with van der Waals surface area (Å²) < 4.78 is 1.58. The Balaban J connectivity index is 2.17. The van der Waals surface area contributed by atoms with E-state index in [1.54, 1.807) is 22.8 Å². The summed E-state index contributed by atoms with van der Waals surface area (Å²) in [6, 6.07) is 8.90. The first-order chi connectivity index (χ1) is 7.33. The van der Waals surface area contributed by atoms with E-state index in [0.717, 1.165) is 16.9 Å². The van der Waals surface area contributed by atoms with Gasteiger partial charge in [0, 0.05) is 11.6 Å². The molecular weight excluding hydrogens is 192 g/mol. The molecule has 3 rings (SSSR count). The summed E-state index contributed by atoms with van der Waals surface area (Å²) in [7, 11) is 0. The van der Waals surface area contributed by atoms with E-state index in [2.05, 4.69) is 15.2 Å². The van der Waals surface area contributed by atoms with Crippen molar-refractivity contribution < 1.29 is 5.11 Å². The van der Waals surface area contributed by atoms with Gasteiger partial charge in [-0.15, -0.1) is 5.10 Å². The number of phenolic OH excluding ortho intramolecular Hbond substituents is 1. The van der Waals surface area contributed by atoms with Crippen molar-refractivity contribution in [1.29, 1.82) is 0 Å². The Morgan fingerprint density at radius 2 is 2.20 bits per heavy atom. The Morgan fingerprint density at radius 3 is 3.00 bits per heavy atom. The molecule has 3 aromatic rings. The molecule has 5 nitrogen and oxygen atoms in total. The molecule has 0 fully saturated rings. The van der Waals surface area contributed by atoms with E-state index in [-0.39, 0.29) is 5.75 Å². The van der Waals surface area contributed by atoms with Gasteiger partial charge in [-0.2, -0.15) is 4.63 Å². The highest BCUT2D eigenvalue weighted by atomic mass is 16.3. The molecule has 0 aliphatic heterocycles. The third-order valence-corrected chi connectivity index (χ3v) is 2.23. The minimum absolute atomic E-state index is 0.243. The van der Waals surface area contributed by atoms with Crippen molar-refractivity contribution in [2.24, 2.45) is 0 Å². The number of hydrogen-bond donors (Lipinski definition) is 2. The molecule has 0 saturated carbocycles. The molecule has 2 N–H and O–H groups in total. The number of fused-ring (bicyclic) bond motifs is 1. The molecule has 0 atom stereocenters.